The van der Waals surface area contributed by atoms with Crippen LogP contribution in [0.4, 0.5) is 0 Å². The van der Waals surface area contributed by atoms with E-state index in [0.717, 1.165) is 44.4 Å². The second kappa shape index (κ2) is 32.4. The van der Waals surface area contributed by atoms with Gasteiger partial charge in [0.1, 0.15) is 12.7 Å². The lowest BCUT2D eigenvalue weighted by atomic mass is 10.0. The maximum Gasteiger partial charge on any atom is 0.472 e. The normalized spacial score (nSPS) is 18.2. The molecule has 0 saturated carbocycles. The molecule has 0 aliphatic carbocycles. The molecule has 1 fully saturated rings. The third-order valence-corrected chi connectivity index (χ3v) is 9.85. The zero-order chi connectivity index (χ0) is 39.0. The molecule has 1 saturated heterocycles. The highest BCUT2D eigenvalue weighted by molar-refractivity contribution is 7.47. The lowest BCUT2D eigenvalue weighted by Gasteiger charge is -2.20. The van der Waals surface area contributed by atoms with E-state index in [-0.39, 0.29) is 19.4 Å². The molecule has 12 heteroatoms. The Morgan fingerprint density at radius 3 is 2.00 bits per heavy atom. The van der Waals surface area contributed by atoms with E-state index in [1.807, 2.05) is 12.2 Å². The fraction of sp³-hybridized carbons (Fsp3) is 0.805. The fourth-order valence-electron chi connectivity index (χ4n) is 5.62. The predicted octanol–water partition coefficient (Wildman–Crippen LogP) is 9.23. The fourth-order valence-corrected chi connectivity index (χ4v) is 6.41. The summed E-state index contributed by atoms with van der Waals surface area (Å²) in [4.78, 5) is 34.9. The number of ether oxygens (including phenoxy) is 3. The average molecular weight is 773 g/mol. The van der Waals surface area contributed by atoms with Gasteiger partial charge in [-0.3, -0.25) is 18.6 Å². The Labute approximate surface area is 320 Å². The predicted molar refractivity (Wildman–Crippen MR) is 209 cm³/mol. The first-order chi connectivity index (χ1) is 25.6. The van der Waals surface area contributed by atoms with Crippen molar-refractivity contribution in [2.75, 3.05) is 26.4 Å². The zero-order valence-electron chi connectivity index (χ0n) is 33.1. The first kappa shape index (κ1) is 49.2. The molecule has 1 aliphatic rings. The molecule has 53 heavy (non-hydrogen) atoms. The lowest BCUT2D eigenvalue weighted by molar-refractivity contribution is -0.161. The minimum absolute atomic E-state index is 0.105. The van der Waals surface area contributed by atoms with E-state index in [0.29, 0.717) is 31.5 Å². The number of hydrogen-bond acceptors (Lipinski definition) is 10. The Bertz CT molecular complexity index is 1060. The number of aliphatic hydroxyl groups is 2. The molecule has 0 aromatic heterocycles. The largest absolute Gasteiger partial charge is 0.472 e. The standard InChI is InChI=1S/C41H73O11P/c1-4-5-21-27-38-39(52-38)28-23-18-14-10-6-7-11-16-20-25-30-41(45)51-37(34-50-53(46,47)49-32-36(43)31-42)33-48-40(44)29-24-19-15-12-8-9-13-17-22-26-35(2)3/h6,10-11,16,18,23,35-39,42-43H,4-5,7-9,12-15,17,19-22,24-34H2,1-3H3,(H,46,47)/b10-6-,16-11-,23-18-/t36-,37+,38?,39?/m0/s1. The van der Waals surface area contributed by atoms with E-state index in [1.54, 1.807) is 0 Å². The van der Waals surface area contributed by atoms with Gasteiger partial charge in [0.2, 0.25) is 0 Å². The van der Waals surface area contributed by atoms with Gasteiger partial charge in [-0.1, -0.05) is 134 Å². The summed E-state index contributed by atoms with van der Waals surface area (Å²) in [5.41, 5.74) is 0. The van der Waals surface area contributed by atoms with Crippen molar-refractivity contribution in [2.45, 2.75) is 180 Å². The summed E-state index contributed by atoms with van der Waals surface area (Å²) in [5.74, 6) is -0.224. The maximum absolute atomic E-state index is 12.6. The number of carbonyl (C=O) groups is 2. The van der Waals surface area contributed by atoms with Crippen LogP contribution in [0.5, 0.6) is 0 Å². The van der Waals surface area contributed by atoms with Crippen molar-refractivity contribution >= 4 is 19.8 Å². The van der Waals surface area contributed by atoms with Crippen LogP contribution in [-0.2, 0) is 37.4 Å². The van der Waals surface area contributed by atoms with Crippen molar-refractivity contribution in [3.05, 3.63) is 36.5 Å². The Kier molecular flexibility index (Phi) is 30.1. The highest BCUT2D eigenvalue weighted by Crippen LogP contribution is 2.43. The number of esters is 2. The topological polar surface area (TPSA) is 161 Å². The molecule has 1 rings (SSSR count). The summed E-state index contributed by atoms with van der Waals surface area (Å²) in [6.07, 6.45) is 31.6. The van der Waals surface area contributed by atoms with Crippen molar-refractivity contribution in [3.8, 4) is 0 Å². The Morgan fingerprint density at radius 2 is 1.34 bits per heavy atom. The third-order valence-electron chi connectivity index (χ3n) is 8.90. The molecule has 0 aromatic rings. The minimum Gasteiger partial charge on any atom is -0.462 e. The van der Waals surface area contributed by atoms with Crippen LogP contribution in [0.25, 0.3) is 0 Å². The monoisotopic (exact) mass is 772 g/mol. The van der Waals surface area contributed by atoms with Crippen LogP contribution in [0.1, 0.15) is 156 Å². The van der Waals surface area contributed by atoms with E-state index in [2.05, 4.69) is 49.6 Å². The van der Waals surface area contributed by atoms with Crippen molar-refractivity contribution in [2.24, 2.45) is 5.92 Å². The first-order valence-electron chi connectivity index (χ1n) is 20.4. The number of phosphoric ester groups is 1. The van der Waals surface area contributed by atoms with Crippen molar-refractivity contribution in [3.63, 3.8) is 0 Å². The van der Waals surface area contributed by atoms with Gasteiger partial charge in [-0.15, -0.1) is 0 Å². The summed E-state index contributed by atoms with van der Waals surface area (Å²) >= 11 is 0. The highest BCUT2D eigenvalue weighted by Gasteiger charge is 2.36. The first-order valence-corrected chi connectivity index (χ1v) is 21.9. The molecule has 1 aliphatic heterocycles. The molecular weight excluding hydrogens is 699 g/mol. The Hall–Kier alpha value is -1.85. The molecule has 0 spiro atoms. The van der Waals surface area contributed by atoms with Crippen molar-refractivity contribution < 1.29 is 52.5 Å². The number of unbranched alkanes of at least 4 members (excludes halogenated alkanes) is 11. The maximum atomic E-state index is 12.6. The van der Waals surface area contributed by atoms with Crippen LogP contribution >= 0.6 is 7.82 Å². The van der Waals surface area contributed by atoms with E-state index < -0.39 is 51.8 Å². The number of rotatable bonds is 36. The average Bonchev–Trinajstić information content (AvgIpc) is 3.88. The summed E-state index contributed by atoms with van der Waals surface area (Å²) in [6.45, 7) is 4.56. The molecule has 0 amide bonds. The summed E-state index contributed by atoms with van der Waals surface area (Å²) in [6, 6.07) is 0. The molecule has 3 unspecified atom stereocenters. The second-order valence-electron chi connectivity index (χ2n) is 14.5. The molecule has 5 atom stereocenters. The minimum atomic E-state index is -4.63. The molecule has 3 N–H and O–H groups in total. The Balaban J connectivity index is 2.31. The highest BCUT2D eigenvalue weighted by atomic mass is 31.2. The van der Waals surface area contributed by atoms with Gasteiger partial charge < -0.3 is 29.3 Å². The van der Waals surface area contributed by atoms with E-state index >= 15 is 0 Å². The van der Waals surface area contributed by atoms with Crippen molar-refractivity contribution in [1.29, 1.82) is 0 Å². The van der Waals surface area contributed by atoms with Gasteiger partial charge in [0.15, 0.2) is 6.10 Å². The SMILES string of the molecule is CCCCCC1OC1C/C=C\C/C=C\C/C=C\CCCC(=O)O[C@H](COC(=O)CCCCCCCCCCCC(C)C)COP(=O)(O)OC[C@@H](O)CO. The molecule has 0 bridgehead atoms. The van der Waals surface area contributed by atoms with Crippen LogP contribution in [0.2, 0.25) is 0 Å². The molecule has 0 aromatic carbocycles. The molecular formula is C41H73O11P. The van der Waals surface area contributed by atoms with Gasteiger partial charge in [0.05, 0.1) is 32.0 Å². The van der Waals surface area contributed by atoms with Gasteiger partial charge in [0, 0.05) is 12.8 Å². The van der Waals surface area contributed by atoms with Crippen LogP contribution in [0.3, 0.4) is 0 Å². The zero-order valence-corrected chi connectivity index (χ0v) is 34.0. The van der Waals surface area contributed by atoms with Gasteiger partial charge >= 0.3 is 19.8 Å². The Morgan fingerprint density at radius 1 is 0.736 bits per heavy atom. The number of aliphatic hydroxyl groups excluding tert-OH is 2. The quantitative estimate of drug-likeness (QED) is 0.0183. The summed E-state index contributed by atoms with van der Waals surface area (Å²) in [5, 5.41) is 18.3. The third kappa shape index (κ3) is 31.1. The van der Waals surface area contributed by atoms with Crippen LogP contribution in [0.15, 0.2) is 36.5 Å². The number of phosphoric acid groups is 1. The molecule has 0 radical (unpaired) electrons. The van der Waals surface area contributed by atoms with Crippen LogP contribution in [-0.4, -0.2) is 77.9 Å². The molecule has 1 heterocycles. The van der Waals surface area contributed by atoms with Gasteiger partial charge in [0.25, 0.3) is 0 Å². The van der Waals surface area contributed by atoms with Gasteiger partial charge in [-0.05, 0) is 50.9 Å². The number of carbonyl (C=O) groups excluding carboxylic acids is 2. The van der Waals surface area contributed by atoms with Crippen LogP contribution in [0, 0.1) is 5.92 Å². The van der Waals surface area contributed by atoms with E-state index in [9.17, 15) is 24.2 Å². The second-order valence-corrected chi connectivity index (χ2v) is 16.0. The molecule has 11 nitrogen and oxygen atoms in total. The summed E-state index contributed by atoms with van der Waals surface area (Å²) in [7, 11) is -4.63. The lowest BCUT2D eigenvalue weighted by Crippen LogP contribution is -2.29. The number of epoxide rings is 1. The summed E-state index contributed by atoms with van der Waals surface area (Å²) < 4.78 is 38.3. The smallest absolute Gasteiger partial charge is 0.462 e. The number of allylic oxidation sites excluding steroid dienone is 5. The molecule has 308 valence electrons. The van der Waals surface area contributed by atoms with Crippen LogP contribution < -0.4 is 0 Å². The number of hydrogen-bond donors (Lipinski definition) is 3. The van der Waals surface area contributed by atoms with Crippen molar-refractivity contribution in [1.82, 2.24) is 0 Å². The van der Waals surface area contributed by atoms with E-state index in [1.165, 1.54) is 64.2 Å². The van der Waals surface area contributed by atoms with Gasteiger partial charge in [-0.25, -0.2) is 4.57 Å². The van der Waals surface area contributed by atoms with E-state index in [4.69, 9.17) is 23.8 Å². The van der Waals surface area contributed by atoms with Gasteiger partial charge in [-0.2, -0.15) is 0 Å².